The van der Waals surface area contributed by atoms with Gasteiger partial charge in [-0.05, 0) is 25.3 Å². The van der Waals surface area contributed by atoms with Crippen LogP contribution in [0.15, 0.2) is 24.3 Å². The van der Waals surface area contributed by atoms with E-state index in [1.807, 2.05) is 19.2 Å². The molecular weight excluding hydrogens is 338 g/mol. The molecule has 1 saturated carbocycles. The Kier molecular flexibility index (Phi) is 5.14. The van der Waals surface area contributed by atoms with Crippen LogP contribution in [0.4, 0.5) is 5.95 Å². The molecule has 1 saturated heterocycles. The van der Waals surface area contributed by atoms with Gasteiger partial charge < -0.3 is 9.80 Å². The van der Waals surface area contributed by atoms with Gasteiger partial charge in [-0.15, -0.1) is 10.2 Å². The summed E-state index contributed by atoms with van der Waals surface area (Å²) in [5.41, 5.74) is 2.31. The van der Waals surface area contributed by atoms with Gasteiger partial charge in [-0.1, -0.05) is 43.5 Å². The Bertz CT molecular complexity index is 801. The average Bonchev–Trinajstić information content (AvgIpc) is 3.10. The van der Waals surface area contributed by atoms with Crippen molar-refractivity contribution in [2.75, 3.05) is 31.1 Å². The van der Waals surface area contributed by atoms with E-state index in [2.05, 4.69) is 43.6 Å². The van der Waals surface area contributed by atoms with Crippen molar-refractivity contribution in [3.8, 4) is 11.4 Å². The van der Waals surface area contributed by atoms with Crippen LogP contribution in [0, 0.1) is 12.8 Å². The van der Waals surface area contributed by atoms with Crippen LogP contribution in [-0.2, 0) is 11.8 Å². The lowest BCUT2D eigenvalue weighted by molar-refractivity contribution is -0.136. The minimum atomic E-state index is 0.257. The lowest BCUT2D eigenvalue weighted by Crippen LogP contribution is -2.51. The fraction of sp³-hybridized carbons (Fsp3) is 0.571. The van der Waals surface area contributed by atoms with Gasteiger partial charge in [0.05, 0.1) is 0 Å². The lowest BCUT2D eigenvalue weighted by Gasteiger charge is -2.37. The number of carbonyl (C=O) groups is 1. The molecule has 1 aliphatic carbocycles. The maximum Gasteiger partial charge on any atom is 0.227 e. The normalized spacial score (nSPS) is 18.7. The van der Waals surface area contributed by atoms with Crippen molar-refractivity contribution < 1.29 is 4.79 Å². The smallest absolute Gasteiger partial charge is 0.227 e. The zero-order valence-corrected chi connectivity index (χ0v) is 16.4. The third-order valence-corrected chi connectivity index (χ3v) is 6.07. The molecule has 1 aromatic heterocycles. The summed E-state index contributed by atoms with van der Waals surface area (Å²) in [5.74, 6) is 2.41. The van der Waals surface area contributed by atoms with Crippen LogP contribution in [0.1, 0.15) is 37.7 Å². The van der Waals surface area contributed by atoms with Crippen LogP contribution in [0.2, 0.25) is 0 Å². The zero-order chi connectivity index (χ0) is 18.8. The highest BCUT2D eigenvalue weighted by molar-refractivity contribution is 5.79. The second-order valence-electron chi connectivity index (χ2n) is 7.84. The molecule has 0 unspecified atom stereocenters. The first-order valence-electron chi connectivity index (χ1n) is 10.1. The van der Waals surface area contributed by atoms with Crippen molar-refractivity contribution in [1.82, 2.24) is 19.7 Å². The maximum atomic E-state index is 12.8. The Balaban J connectivity index is 1.43. The lowest BCUT2D eigenvalue weighted by atomic mass is 9.88. The molecule has 0 N–H and O–H groups in total. The molecule has 0 spiro atoms. The Hall–Kier alpha value is -2.37. The molecule has 0 bridgehead atoms. The van der Waals surface area contributed by atoms with Gasteiger partial charge in [0, 0.05) is 44.7 Å². The van der Waals surface area contributed by atoms with Gasteiger partial charge in [0.15, 0.2) is 5.82 Å². The third kappa shape index (κ3) is 3.57. The fourth-order valence-electron chi connectivity index (χ4n) is 4.39. The molecule has 1 amide bonds. The first kappa shape index (κ1) is 18.0. The number of aromatic nitrogens is 3. The third-order valence-electron chi connectivity index (χ3n) is 6.07. The van der Waals surface area contributed by atoms with Gasteiger partial charge in [0.2, 0.25) is 11.9 Å². The highest BCUT2D eigenvalue weighted by Gasteiger charge is 2.29. The van der Waals surface area contributed by atoms with Crippen LogP contribution >= 0.6 is 0 Å². The summed E-state index contributed by atoms with van der Waals surface area (Å²) >= 11 is 0. The molecule has 2 heterocycles. The maximum absolute atomic E-state index is 12.8. The Morgan fingerprint density at radius 1 is 1.00 bits per heavy atom. The monoisotopic (exact) mass is 367 g/mol. The number of hydrogen-bond donors (Lipinski definition) is 0. The summed E-state index contributed by atoms with van der Waals surface area (Å²) in [4.78, 5) is 17.1. The molecule has 2 fully saturated rings. The van der Waals surface area contributed by atoms with E-state index in [1.165, 1.54) is 24.8 Å². The van der Waals surface area contributed by atoms with Gasteiger partial charge in [-0.2, -0.15) is 0 Å². The van der Waals surface area contributed by atoms with E-state index >= 15 is 0 Å². The van der Waals surface area contributed by atoms with E-state index in [9.17, 15) is 4.79 Å². The van der Waals surface area contributed by atoms with E-state index in [0.29, 0.717) is 5.91 Å². The number of carbonyl (C=O) groups excluding carboxylic acids is 1. The van der Waals surface area contributed by atoms with Crippen LogP contribution in [0.3, 0.4) is 0 Å². The van der Waals surface area contributed by atoms with Crippen molar-refractivity contribution in [3.05, 3.63) is 29.8 Å². The van der Waals surface area contributed by atoms with E-state index in [0.717, 1.165) is 56.4 Å². The number of piperazine rings is 1. The van der Waals surface area contributed by atoms with Crippen LogP contribution in [-0.4, -0.2) is 51.8 Å². The Labute approximate surface area is 161 Å². The standard InChI is InChI=1S/C21H29N5O/c1-16-8-6-7-11-18(16)19-22-23-21(24(19)2)26-14-12-25(13-15-26)20(27)17-9-4-3-5-10-17/h6-8,11,17H,3-5,9-10,12-15H2,1-2H3. The van der Waals surface area contributed by atoms with Crippen LogP contribution < -0.4 is 4.90 Å². The molecule has 0 atom stereocenters. The molecule has 27 heavy (non-hydrogen) atoms. The first-order chi connectivity index (χ1) is 13.1. The number of hydrogen-bond acceptors (Lipinski definition) is 4. The predicted molar refractivity (Wildman–Crippen MR) is 107 cm³/mol. The molecule has 2 aromatic rings. The second kappa shape index (κ2) is 7.71. The second-order valence-corrected chi connectivity index (χ2v) is 7.84. The first-order valence-corrected chi connectivity index (χ1v) is 10.1. The quantitative estimate of drug-likeness (QED) is 0.837. The largest absolute Gasteiger partial charge is 0.339 e. The number of benzene rings is 1. The van der Waals surface area contributed by atoms with Crippen molar-refractivity contribution in [1.29, 1.82) is 0 Å². The highest BCUT2D eigenvalue weighted by atomic mass is 16.2. The summed E-state index contributed by atoms with van der Waals surface area (Å²) in [6, 6.07) is 8.26. The summed E-state index contributed by atoms with van der Waals surface area (Å²) in [7, 11) is 2.02. The molecule has 6 heteroatoms. The minimum absolute atomic E-state index is 0.257. The van der Waals surface area contributed by atoms with E-state index in [-0.39, 0.29) is 5.92 Å². The zero-order valence-electron chi connectivity index (χ0n) is 16.4. The molecule has 4 rings (SSSR count). The number of amides is 1. The van der Waals surface area contributed by atoms with Gasteiger partial charge in [0.1, 0.15) is 0 Å². The molecule has 1 aromatic carbocycles. The summed E-state index contributed by atoms with van der Waals surface area (Å²) < 4.78 is 2.07. The van der Waals surface area contributed by atoms with Crippen LogP contribution in [0.25, 0.3) is 11.4 Å². The number of nitrogens with zero attached hydrogens (tertiary/aromatic N) is 5. The van der Waals surface area contributed by atoms with Crippen molar-refractivity contribution >= 4 is 11.9 Å². The highest BCUT2D eigenvalue weighted by Crippen LogP contribution is 2.27. The minimum Gasteiger partial charge on any atom is -0.339 e. The Morgan fingerprint density at radius 3 is 2.41 bits per heavy atom. The van der Waals surface area contributed by atoms with Crippen molar-refractivity contribution in [3.63, 3.8) is 0 Å². The van der Waals surface area contributed by atoms with Gasteiger partial charge in [-0.25, -0.2) is 0 Å². The molecular formula is C21H29N5O. The SMILES string of the molecule is Cc1ccccc1-c1nnc(N2CCN(C(=O)C3CCCCC3)CC2)n1C. The number of aryl methyl sites for hydroxylation is 1. The molecule has 1 aliphatic heterocycles. The van der Waals surface area contributed by atoms with Gasteiger partial charge in [0.25, 0.3) is 0 Å². The topological polar surface area (TPSA) is 54.3 Å². The van der Waals surface area contributed by atoms with Gasteiger partial charge in [-0.3, -0.25) is 9.36 Å². The molecule has 2 aliphatic rings. The molecule has 6 nitrogen and oxygen atoms in total. The number of rotatable bonds is 3. The van der Waals surface area contributed by atoms with E-state index in [1.54, 1.807) is 0 Å². The molecule has 0 radical (unpaired) electrons. The summed E-state index contributed by atoms with van der Waals surface area (Å²) in [6.45, 7) is 5.29. The van der Waals surface area contributed by atoms with Crippen molar-refractivity contribution in [2.24, 2.45) is 13.0 Å². The van der Waals surface area contributed by atoms with Crippen LogP contribution in [0.5, 0.6) is 0 Å². The van der Waals surface area contributed by atoms with E-state index in [4.69, 9.17) is 0 Å². The Morgan fingerprint density at radius 2 is 1.70 bits per heavy atom. The fourth-order valence-corrected chi connectivity index (χ4v) is 4.39. The number of anilines is 1. The van der Waals surface area contributed by atoms with Crippen molar-refractivity contribution in [2.45, 2.75) is 39.0 Å². The molecule has 144 valence electrons. The van der Waals surface area contributed by atoms with Gasteiger partial charge >= 0.3 is 0 Å². The summed E-state index contributed by atoms with van der Waals surface area (Å²) in [5, 5.41) is 8.89. The predicted octanol–water partition coefficient (Wildman–Crippen LogP) is 3.02. The summed E-state index contributed by atoms with van der Waals surface area (Å²) in [6.07, 6.45) is 5.84. The van der Waals surface area contributed by atoms with E-state index < -0.39 is 0 Å². The average molecular weight is 367 g/mol.